The van der Waals surface area contributed by atoms with Gasteiger partial charge in [0.1, 0.15) is 0 Å². The second kappa shape index (κ2) is 6.50. The van der Waals surface area contributed by atoms with Gasteiger partial charge in [-0.05, 0) is 12.0 Å². The van der Waals surface area contributed by atoms with Crippen molar-refractivity contribution >= 4 is 5.97 Å². The van der Waals surface area contributed by atoms with Gasteiger partial charge in [0, 0.05) is 25.7 Å². The Morgan fingerprint density at radius 1 is 1.37 bits per heavy atom. The number of nitrogens with one attached hydrogen (secondary N) is 2. The molecular weight excluding hydrogens is 240 g/mol. The lowest BCUT2D eigenvalue weighted by Crippen LogP contribution is -2.59. The Morgan fingerprint density at radius 2 is 2.16 bits per heavy atom. The van der Waals surface area contributed by atoms with E-state index in [1.54, 1.807) is 0 Å². The maximum absolute atomic E-state index is 11.3. The molecule has 0 aliphatic carbocycles. The Kier molecular flexibility index (Phi) is 4.71. The molecule has 1 aromatic rings. The fourth-order valence-electron chi connectivity index (χ4n) is 2.33. The van der Waals surface area contributed by atoms with Gasteiger partial charge in [0.05, 0.1) is 12.6 Å². The van der Waals surface area contributed by atoms with Crippen molar-refractivity contribution in [3.8, 4) is 0 Å². The van der Waals surface area contributed by atoms with Crippen LogP contribution in [0.15, 0.2) is 42.5 Å². The Bertz CT molecular complexity index is 437. The molecule has 4 heteroatoms. The van der Waals surface area contributed by atoms with E-state index in [2.05, 4.69) is 27.5 Å². The predicted molar refractivity (Wildman–Crippen MR) is 74.9 cm³/mol. The fourth-order valence-corrected chi connectivity index (χ4v) is 2.33. The molecule has 102 valence electrons. The van der Waals surface area contributed by atoms with Crippen LogP contribution in [0.2, 0.25) is 0 Å². The molecule has 0 radical (unpaired) electrons. The third kappa shape index (κ3) is 3.91. The zero-order chi connectivity index (χ0) is 13.6. The van der Waals surface area contributed by atoms with E-state index >= 15 is 0 Å². The smallest absolute Gasteiger partial charge is 0.330 e. The van der Waals surface area contributed by atoms with Gasteiger partial charge >= 0.3 is 5.97 Å². The third-order valence-corrected chi connectivity index (χ3v) is 3.32. The molecule has 1 fully saturated rings. The van der Waals surface area contributed by atoms with Crippen molar-refractivity contribution in [2.75, 3.05) is 26.7 Å². The minimum atomic E-state index is -0.320. The maximum atomic E-state index is 11.3. The summed E-state index contributed by atoms with van der Waals surface area (Å²) in [6.07, 6.45) is 4.26. The van der Waals surface area contributed by atoms with Crippen LogP contribution in [0.3, 0.4) is 0 Å². The molecule has 0 aromatic heterocycles. The van der Waals surface area contributed by atoms with Crippen LogP contribution in [0, 0.1) is 0 Å². The summed E-state index contributed by atoms with van der Waals surface area (Å²) in [4.78, 5) is 11.3. The molecule has 4 nitrogen and oxygen atoms in total. The average Bonchev–Trinajstić information content (AvgIpc) is 2.47. The summed E-state index contributed by atoms with van der Waals surface area (Å²) < 4.78 is 4.66. The second-order valence-electron chi connectivity index (χ2n) is 4.78. The Morgan fingerprint density at radius 3 is 2.79 bits per heavy atom. The monoisotopic (exact) mass is 260 g/mol. The lowest BCUT2D eigenvalue weighted by Gasteiger charge is -2.36. The molecule has 2 rings (SSSR count). The van der Waals surface area contributed by atoms with E-state index in [1.165, 1.54) is 18.7 Å². The minimum Gasteiger partial charge on any atom is -0.466 e. The second-order valence-corrected chi connectivity index (χ2v) is 4.78. The number of methoxy groups -OCH3 is 1. The van der Waals surface area contributed by atoms with Crippen LogP contribution >= 0.6 is 0 Å². The van der Waals surface area contributed by atoms with Crippen molar-refractivity contribution in [2.24, 2.45) is 0 Å². The first-order valence-corrected chi connectivity index (χ1v) is 6.51. The first-order chi connectivity index (χ1) is 9.24. The first-order valence-electron chi connectivity index (χ1n) is 6.51. The van der Waals surface area contributed by atoms with Crippen LogP contribution in [0.25, 0.3) is 0 Å². The molecule has 1 atom stereocenters. The first kappa shape index (κ1) is 13.8. The summed E-state index contributed by atoms with van der Waals surface area (Å²) in [7, 11) is 1.39. The van der Waals surface area contributed by atoms with E-state index in [4.69, 9.17) is 0 Å². The summed E-state index contributed by atoms with van der Waals surface area (Å²) in [5, 5.41) is 6.88. The molecule has 1 aliphatic rings. The molecule has 1 unspecified atom stereocenters. The topological polar surface area (TPSA) is 50.4 Å². The van der Waals surface area contributed by atoms with Crippen molar-refractivity contribution < 1.29 is 9.53 Å². The molecule has 1 aromatic carbocycles. The average molecular weight is 260 g/mol. The highest BCUT2D eigenvalue weighted by molar-refractivity contribution is 5.82. The molecule has 2 N–H and O–H groups in total. The molecule has 0 bridgehead atoms. The zero-order valence-electron chi connectivity index (χ0n) is 11.2. The lowest BCUT2D eigenvalue weighted by atomic mass is 9.88. The van der Waals surface area contributed by atoms with E-state index in [9.17, 15) is 4.79 Å². The van der Waals surface area contributed by atoms with E-state index in [0.29, 0.717) is 0 Å². The van der Waals surface area contributed by atoms with Crippen LogP contribution < -0.4 is 10.6 Å². The van der Waals surface area contributed by atoms with Crippen LogP contribution in [0.1, 0.15) is 5.56 Å². The van der Waals surface area contributed by atoms with Crippen molar-refractivity contribution in [3.63, 3.8) is 0 Å². The number of hydrogen-bond donors (Lipinski definition) is 2. The van der Waals surface area contributed by atoms with Gasteiger partial charge in [-0.15, -0.1) is 0 Å². The number of piperazine rings is 1. The van der Waals surface area contributed by atoms with Crippen LogP contribution in [0.4, 0.5) is 0 Å². The van der Waals surface area contributed by atoms with Gasteiger partial charge in [0.15, 0.2) is 0 Å². The van der Waals surface area contributed by atoms with Crippen molar-refractivity contribution in [2.45, 2.75) is 12.0 Å². The highest BCUT2D eigenvalue weighted by Gasteiger charge is 2.29. The quantitative estimate of drug-likeness (QED) is 0.623. The lowest BCUT2D eigenvalue weighted by molar-refractivity contribution is -0.134. The third-order valence-electron chi connectivity index (χ3n) is 3.32. The Labute approximate surface area is 113 Å². The zero-order valence-corrected chi connectivity index (χ0v) is 11.2. The molecule has 1 heterocycles. The van der Waals surface area contributed by atoms with Crippen molar-refractivity contribution in [1.82, 2.24) is 10.6 Å². The molecule has 0 spiro atoms. The standard InChI is InChI=1S/C15H20N2O2/c1-19-14(18)7-8-15(12-16-9-10-17-15)11-13-5-3-2-4-6-13/h2-8,16-17H,9-12H2,1H3. The van der Waals surface area contributed by atoms with Crippen molar-refractivity contribution in [1.29, 1.82) is 0 Å². The molecule has 0 amide bonds. The highest BCUT2D eigenvalue weighted by atomic mass is 16.5. The van der Waals surface area contributed by atoms with E-state index < -0.39 is 0 Å². The van der Waals surface area contributed by atoms with Crippen molar-refractivity contribution in [3.05, 3.63) is 48.0 Å². The van der Waals surface area contributed by atoms with Gasteiger partial charge in [0.2, 0.25) is 0 Å². The van der Waals surface area contributed by atoms with Gasteiger partial charge in [-0.3, -0.25) is 0 Å². The number of benzene rings is 1. The molecular formula is C15H20N2O2. The summed E-state index contributed by atoms with van der Waals surface area (Å²) in [5.74, 6) is -0.320. The summed E-state index contributed by atoms with van der Waals surface area (Å²) >= 11 is 0. The predicted octanol–water partition coefficient (Wildman–Crippen LogP) is 0.890. The van der Waals surface area contributed by atoms with Gasteiger partial charge in [-0.2, -0.15) is 0 Å². The highest BCUT2D eigenvalue weighted by Crippen LogP contribution is 2.16. The largest absolute Gasteiger partial charge is 0.466 e. The molecule has 0 saturated carbocycles. The number of hydrogen-bond acceptors (Lipinski definition) is 4. The summed E-state index contributed by atoms with van der Waals surface area (Å²) in [5.41, 5.74) is 1.02. The number of esters is 1. The van der Waals surface area contributed by atoms with E-state index in [-0.39, 0.29) is 11.5 Å². The number of ether oxygens (including phenoxy) is 1. The van der Waals surface area contributed by atoms with Crippen LogP contribution in [-0.4, -0.2) is 38.3 Å². The van der Waals surface area contributed by atoms with Crippen LogP contribution in [-0.2, 0) is 16.0 Å². The van der Waals surface area contributed by atoms with Gasteiger partial charge in [-0.25, -0.2) is 4.79 Å². The maximum Gasteiger partial charge on any atom is 0.330 e. The van der Waals surface area contributed by atoms with Gasteiger partial charge in [-0.1, -0.05) is 36.4 Å². The molecule has 1 saturated heterocycles. The van der Waals surface area contributed by atoms with Crippen LogP contribution in [0.5, 0.6) is 0 Å². The molecule has 1 aliphatic heterocycles. The SMILES string of the molecule is COC(=O)C=CC1(Cc2ccccc2)CNCCN1. The van der Waals surface area contributed by atoms with E-state index in [1.807, 2.05) is 24.3 Å². The Hall–Kier alpha value is -1.65. The Balaban J connectivity index is 2.15. The summed E-state index contributed by atoms with van der Waals surface area (Å²) in [6.45, 7) is 2.64. The normalized spacial score (nSPS) is 23.4. The van der Waals surface area contributed by atoms with E-state index in [0.717, 1.165) is 26.1 Å². The van der Waals surface area contributed by atoms with Gasteiger partial charge < -0.3 is 15.4 Å². The number of rotatable bonds is 4. The van der Waals surface area contributed by atoms with Gasteiger partial charge in [0.25, 0.3) is 0 Å². The minimum absolute atomic E-state index is 0.228. The number of carbonyl (C=O) groups is 1. The summed E-state index contributed by atoms with van der Waals surface area (Å²) in [6, 6.07) is 10.3. The molecule has 19 heavy (non-hydrogen) atoms. The number of carbonyl (C=O) groups excluding carboxylic acids is 1. The fraction of sp³-hybridized carbons (Fsp3) is 0.400.